The van der Waals surface area contributed by atoms with E-state index in [4.69, 9.17) is 20.4 Å². The number of benzene rings is 2. The molecule has 3 heterocycles. The Balaban J connectivity index is 1.35. The van der Waals surface area contributed by atoms with Crippen LogP contribution >= 0.6 is 11.6 Å². The van der Waals surface area contributed by atoms with Gasteiger partial charge in [-0.1, -0.05) is 11.6 Å². The minimum absolute atomic E-state index is 0.0605. The summed E-state index contributed by atoms with van der Waals surface area (Å²) in [6.07, 6.45) is 1.15. The number of anilines is 1. The average Bonchev–Trinajstić information content (AvgIpc) is 3.59. The summed E-state index contributed by atoms with van der Waals surface area (Å²) in [6.45, 7) is 2.03. The zero-order chi connectivity index (χ0) is 23.8. The lowest BCUT2D eigenvalue weighted by atomic mass is 10.1. The van der Waals surface area contributed by atoms with Gasteiger partial charge >= 0.3 is 0 Å². The van der Waals surface area contributed by atoms with Crippen molar-refractivity contribution in [2.45, 2.75) is 12.5 Å². The van der Waals surface area contributed by atoms with Crippen LogP contribution in [0.15, 0.2) is 63.4 Å². The SMILES string of the molecule is CN(C)C1CCN(c2ccc(-c3nnc(-c4ccc(-c5ccc(Cl)cc5C(=O)[O-])o4)o3)cc2)C1. The lowest BCUT2D eigenvalue weighted by molar-refractivity contribution is -0.254. The van der Waals surface area contributed by atoms with Crippen LogP contribution in [0.2, 0.25) is 5.02 Å². The van der Waals surface area contributed by atoms with Crippen LogP contribution in [0.4, 0.5) is 5.69 Å². The summed E-state index contributed by atoms with van der Waals surface area (Å²) in [5, 5.41) is 20.0. The van der Waals surface area contributed by atoms with Crippen molar-refractivity contribution in [1.29, 1.82) is 0 Å². The maximum Gasteiger partial charge on any atom is 0.283 e. The van der Waals surface area contributed by atoms with Crippen LogP contribution in [0, 0.1) is 0 Å². The highest BCUT2D eigenvalue weighted by Crippen LogP contribution is 2.33. The third-order valence-corrected chi connectivity index (χ3v) is 6.32. The van der Waals surface area contributed by atoms with Crippen molar-refractivity contribution in [3.63, 3.8) is 0 Å². The van der Waals surface area contributed by atoms with E-state index in [0.29, 0.717) is 34.0 Å². The van der Waals surface area contributed by atoms with Crippen LogP contribution in [0.3, 0.4) is 0 Å². The van der Waals surface area contributed by atoms with Gasteiger partial charge in [0.2, 0.25) is 5.89 Å². The molecular weight excluding hydrogens is 456 g/mol. The Kier molecular flexibility index (Phi) is 5.85. The molecule has 1 unspecified atom stereocenters. The van der Waals surface area contributed by atoms with Gasteiger partial charge in [-0.05, 0) is 75.1 Å². The fraction of sp³-hybridized carbons (Fsp3) is 0.240. The van der Waals surface area contributed by atoms with Gasteiger partial charge < -0.3 is 28.5 Å². The van der Waals surface area contributed by atoms with Crippen LogP contribution in [-0.2, 0) is 0 Å². The van der Waals surface area contributed by atoms with Crippen molar-refractivity contribution in [1.82, 2.24) is 15.1 Å². The van der Waals surface area contributed by atoms with Crippen molar-refractivity contribution in [3.05, 3.63) is 65.2 Å². The molecule has 0 N–H and O–H groups in total. The maximum absolute atomic E-state index is 11.5. The number of rotatable bonds is 6. The molecular formula is C25H22ClN4O4-. The number of carbonyl (C=O) groups is 1. The van der Waals surface area contributed by atoms with Crippen LogP contribution in [0.1, 0.15) is 16.8 Å². The molecule has 9 heteroatoms. The zero-order valence-electron chi connectivity index (χ0n) is 18.7. The number of hydrogen-bond acceptors (Lipinski definition) is 8. The van der Waals surface area contributed by atoms with E-state index in [9.17, 15) is 9.90 Å². The molecule has 0 spiro atoms. The summed E-state index contributed by atoms with van der Waals surface area (Å²) in [7, 11) is 4.23. The molecule has 0 radical (unpaired) electrons. The van der Waals surface area contributed by atoms with Gasteiger partial charge in [0.1, 0.15) is 5.76 Å². The lowest BCUT2D eigenvalue weighted by Crippen LogP contribution is -2.31. The number of hydrogen-bond donors (Lipinski definition) is 0. The topological polar surface area (TPSA) is 98.7 Å². The molecule has 1 saturated heterocycles. The predicted octanol–water partition coefficient (Wildman–Crippen LogP) is 3.82. The van der Waals surface area contributed by atoms with Gasteiger partial charge in [-0.3, -0.25) is 0 Å². The van der Waals surface area contributed by atoms with Gasteiger partial charge in [0.25, 0.3) is 5.89 Å². The van der Waals surface area contributed by atoms with Gasteiger partial charge in [-0.25, -0.2) is 0 Å². The van der Waals surface area contributed by atoms with E-state index in [-0.39, 0.29) is 11.5 Å². The molecule has 8 nitrogen and oxygen atoms in total. The van der Waals surface area contributed by atoms with Crippen molar-refractivity contribution in [2.75, 3.05) is 32.1 Å². The van der Waals surface area contributed by atoms with E-state index in [1.807, 2.05) is 12.1 Å². The molecule has 5 rings (SSSR count). The standard InChI is InChI=1S/C25H23ClN4O4/c1-29(2)18-11-12-30(14-18)17-6-3-15(4-7-17)23-27-28-24(34-23)22-10-9-21(33-22)19-8-5-16(26)13-20(19)25(31)32/h3-10,13,18H,11-12,14H2,1-2H3,(H,31,32)/p-1. The zero-order valence-corrected chi connectivity index (χ0v) is 19.5. The Bertz CT molecular complexity index is 1330. The van der Waals surface area contributed by atoms with E-state index in [2.05, 4.69) is 46.2 Å². The number of aromatic carboxylic acids is 1. The number of nitrogens with zero attached hydrogens (tertiary/aromatic N) is 4. The van der Waals surface area contributed by atoms with Crippen LogP contribution in [0.5, 0.6) is 0 Å². The first-order valence-electron chi connectivity index (χ1n) is 10.9. The van der Waals surface area contributed by atoms with E-state index < -0.39 is 5.97 Å². The smallest absolute Gasteiger partial charge is 0.283 e. The molecule has 4 aromatic rings. The second-order valence-corrected chi connectivity index (χ2v) is 8.89. The average molecular weight is 478 g/mol. The summed E-state index contributed by atoms with van der Waals surface area (Å²) in [6, 6.07) is 16.4. The first-order chi connectivity index (χ1) is 16.4. The van der Waals surface area contributed by atoms with Gasteiger partial charge in [0, 0.05) is 46.5 Å². The summed E-state index contributed by atoms with van der Waals surface area (Å²) in [4.78, 5) is 16.1. The minimum atomic E-state index is -1.34. The van der Waals surface area contributed by atoms with Gasteiger partial charge in [0.05, 0.1) is 5.97 Å². The predicted molar refractivity (Wildman–Crippen MR) is 127 cm³/mol. The molecule has 0 aliphatic carbocycles. The minimum Gasteiger partial charge on any atom is -0.545 e. The number of likely N-dealkylation sites (N-methyl/N-ethyl adjacent to an activating group) is 1. The Hall–Kier alpha value is -3.62. The highest BCUT2D eigenvalue weighted by molar-refractivity contribution is 6.31. The second-order valence-electron chi connectivity index (χ2n) is 8.45. The summed E-state index contributed by atoms with van der Waals surface area (Å²) >= 11 is 5.92. The number of halogens is 1. The van der Waals surface area contributed by atoms with Crippen molar-refractivity contribution < 1.29 is 18.7 Å². The number of furan rings is 1. The monoisotopic (exact) mass is 477 g/mol. The van der Waals surface area contributed by atoms with E-state index >= 15 is 0 Å². The molecule has 1 atom stereocenters. The summed E-state index contributed by atoms with van der Waals surface area (Å²) < 4.78 is 11.6. The summed E-state index contributed by atoms with van der Waals surface area (Å²) in [5.74, 6) is -0.116. The van der Waals surface area contributed by atoms with Gasteiger partial charge in [-0.15, -0.1) is 10.2 Å². The highest BCUT2D eigenvalue weighted by Gasteiger charge is 2.24. The normalized spacial score (nSPS) is 15.9. The van der Waals surface area contributed by atoms with Crippen molar-refractivity contribution in [2.24, 2.45) is 0 Å². The third kappa shape index (κ3) is 4.30. The van der Waals surface area contributed by atoms with Crippen molar-refractivity contribution >= 4 is 23.3 Å². The largest absolute Gasteiger partial charge is 0.545 e. The first kappa shape index (κ1) is 22.2. The fourth-order valence-corrected chi connectivity index (χ4v) is 4.32. The quantitative estimate of drug-likeness (QED) is 0.413. The Morgan fingerprint density at radius 2 is 1.76 bits per heavy atom. The fourth-order valence-electron chi connectivity index (χ4n) is 4.15. The number of carbonyl (C=O) groups excluding carboxylic acids is 1. The number of carboxylic acid groups (broad SMARTS) is 1. The molecule has 34 heavy (non-hydrogen) atoms. The maximum atomic E-state index is 11.5. The molecule has 0 bridgehead atoms. The van der Waals surface area contributed by atoms with Crippen LogP contribution in [-0.4, -0.2) is 54.3 Å². The lowest BCUT2D eigenvalue weighted by Gasteiger charge is -2.21. The van der Waals surface area contributed by atoms with Crippen LogP contribution in [0.25, 0.3) is 34.4 Å². The Morgan fingerprint density at radius 3 is 2.47 bits per heavy atom. The van der Waals surface area contributed by atoms with Gasteiger partial charge in [0.15, 0.2) is 5.76 Å². The highest BCUT2D eigenvalue weighted by atomic mass is 35.5. The van der Waals surface area contributed by atoms with Gasteiger partial charge in [-0.2, -0.15) is 0 Å². The van der Waals surface area contributed by atoms with E-state index in [0.717, 1.165) is 30.8 Å². The summed E-state index contributed by atoms with van der Waals surface area (Å²) in [5.41, 5.74) is 2.25. The van der Waals surface area contributed by atoms with E-state index in [1.54, 1.807) is 24.3 Å². The number of carboxylic acids is 1. The molecule has 174 valence electrons. The molecule has 2 aromatic carbocycles. The third-order valence-electron chi connectivity index (χ3n) is 6.08. The van der Waals surface area contributed by atoms with E-state index in [1.165, 1.54) is 6.07 Å². The van der Waals surface area contributed by atoms with Crippen molar-refractivity contribution in [3.8, 4) is 34.4 Å². The Morgan fingerprint density at radius 1 is 1.03 bits per heavy atom. The number of aromatic nitrogens is 2. The molecule has 1 aliphatic heterocycles. The molecule has 0 amide bonds. The molecule has 1 fully saturated rings. The molecule has 2 aromatic heterocycles. The molecule has 0 saturated carbocycles. The molecule has 1 aliphatic rings. The first-order valence-corrected chi connectivity index (χ1v) is 11.2. The Labute approximate surface area is 201 Å². The second kappa shape index (κ2) is 8.96. The van der Waals surface area contributed by atoms with Crippen LogP contribution < -0.4 is 10.0 Å².